The lowest BCUT2D eigenvalue weighted by molar-refractivity contribution is 0.110. The number of rotatable bonds is 2. The number of hydrogen-bond donors (Lipinski definition) is 1. The lowest BCUT2D eigenvalue weighted by atomic mass is 9.63. The van der Waals surface area contributed by atoms with Gasteiger partial charge in [0.05, 0.1) is 0 Å². The van der Waals surface area contributed by atoms with E-state index in [2.05, 4.69) is 40.7 Å². The molecule has 82 valence electrons. The number of allylic oxidation sites excluding steroid dienone is 1. The molecular formula is C13H25N. The van der Waals surface area contributed by atoms with E-state index in [1.54, 1.807) is 0 Å². The predicted molar refractivity (Wildman–Crippen MR) is 63.1 cm³/mol. The minimum absolute atomic E-state index is 0.170. The first-order valence-electron chi connectivity index (χ1n) is 5.71. The van der Waals surface area contributed by atoms with Crippen molar-refractivity contribution in [2.75, 3.05) is 0 Å². The Bertz CT molecular complexity index is 230. The average Bonchev–Trinajstić information content (AvgIpc) is 2.52. The smallest absolute Gasteiger partial charge is 0.0310 e. The molecule has 0 heterocycles. The molecule has 0 amide bonds. The van der Waals surface area contributed by atoms with E-state index in [9.17, 15) is 0 Å². The fraction of sp³-hybridized carbons (Fsp3) is 0.846. The van der Waals surface area contributed by atoms with E-state index in [1.807, 2.05) is 0 Å². The molecule has 0 bridgehead atoms. The fourth-order valence-corrected chi connectivity index (χ4v) is 1.91. The lowest BCUT2D eigenvalue weighted by Gasteiger charge is -2.44. The first-order chi connectivity index (χ1) is 6.27. The molecule has 0 aliphatic heterocycles. The van der Waals surface area contributed by atoms with Crippen LogP contribution in [0.1, 0.15) is 53.9 Å². The molecule has 1 heteroatoms. The van der Waals surface area contributed by atoms with Crippen molar-refractivity contribution in [2.45, 2.75) is 59.9 Å². The van der Waals surface area contributed by atoms with E-state index in [0.717, 1.165) is 0 Å². The maximum absolute atomic E-state index is 6.37. The van der Waals surface area contributed by atoms with Crippen LogP contribution in [0.5, 0.6) is 0 Å². The van der Waals surface area contributed by atoms with Crippen LogP contribution in [0.25, 0.3) is 0 Å². The maximum atomic E-state index is 6.37. The summed E-state index contributed by atoms with van der Waals surface area (Å²) in [6.45, 7) is 11.4. The van der Waals surface area contributed by atoms with Crippen LogP contribution in [-0.2, 0) is 0 Å². The Hall–Kier alpha value is -0.300. The normalized spacial score (nSPS) is 20.9. The summed E-state index contributed by atoms with van der Waals surface area (Å²) in [7, 11) is 0. The summed E-state index contributed by atoms with van der Waals surface area (Å²) < 4.78 is 0. The summed E-state index contributed by atoms with van der Waals surface area (Å²) in [5, 5.41) is 0. The van der Waals surface area contributed by atoms with Gasteiger partial charge in [-0.1, -0.05) is 46.3 Å². The number of nitrogens with two attached hydrogens (primary N) is 1. The lowest BCUT2D eigenvalue weighted by Crippen LogP contribution is -2.46. The Labute approximate surface area is 88.8 Å². The van der Waals surface area contributed by atoms with Crippen molar-refractivity contribution in [1.29, 1.82) is 0 Å². The van der Waals surface area contributed by atoms with E-state index in [0.29, 0.717) is 0 Å². The molecule has 1 aliphatic carbocycles. The van der Waals surface area contributed by atoms with Crippen molar-refractivity contribution >= 4 is 0 Å². The van der Waals surface area contributed by atoms with Gasteiger partial charge in [0.15, 0.2) is 0 Å². The summed E-state index contributed by atoms with van der Waals surface area (Å²) in [5.41, 5.74) is 8.28. The minimum atomic E-state index is 0.170. The Kier molecular flexibility index (Phi) is 3.10. The molecule has 0 fully saturated rings. The Morgan fingerprint density at radius 3 is 2.14 bits per heavy atom. The highest BCUT2D eigenvalue weighted by molar-refractivity contribution is 5.19. The van der Waals surface area contributed by atoms with Gasteiger partial charge in [-0.05, 0) is 30.1 Å². The molecule has 1 aliphatic rings. The summed E-state index contributed by atoms with van der Waals surface area (Å²) in [6.07, 6.45) is 6.07. The average molecular weight is 195 g/mol. The maximum Gasteiger partial charge on any atom is 0.0310 e. The molecule has 0 saturated heterocycles. The highest BCUT2D eigenvalue weighted by Gasteiger charge is 2.39. The molecule has 0 aromatic carbocycles. The van der Waals surface area contributed by atoms with Gasteiger partial charge in [0.2, 0.25) is 0 Å². The standard InChI is InChI=1S/C13H25N/c1-12(2,3)13(4,5)11(14)10-8-6-7-9-10/h8,11H,6-7,9,14H2,1-5H3. The van der Waals surface area contributed by atoms with Gasteiger partial charge in [0.1, 0.15) is 0 Å². The Morgan fingerprint density at radius 1 is 1.21 bits per heavy atom. The zero-order valence-corrected chi connectivity index (χ0v) is 10.4. The highest BCUT2D eigenvalue weighted by atomic mass is 14.7. The van der Waals surface area contributed by atoms with Crippen molar-refractivity contribution in [2.24, 2.45) is 16.6 Å². The zero-order valence-electron chi connectivity index (χ0n) is 10.4. The second-order valence-corrected chi connectivity index (χ2v) is 6.12. The van der Waals surface area contributed by atoms with E-state index in [4.69, 9.17) is 5.73 Å². The van der Waals surface area contributed by atoms with Crippen molar-refractivity contribution in [3.63, 3.8) is 0 Å². The third kappa shape index (κ3) is 2.03. The van der Waals surface area contributed by atoms with Gasteiger partial charge in [-0.15, -0.1) is 0 Å². The van der Waals surface area contributed by atoms with Crippen LogP contribution in [0.15, 0.2) is 11.6 Å². The Morgan fingerprint density at radius 2 is 1.79 bits per heavy atom. The topological polar surface area (TPSA) is 26.0 Å². The van der Waals surface area contributed by atoms with Gasteiger partial charge in [0, 0.05) is 6.04 Å². The quantitative estimate of drug-likeness (QED) is 0.671. The molecule has 0 aromatic rings. The summed E-state index contributed by atoms with van der Waals surface area (Å²) >= 11 is 0. The van der Waals surface area contributed by atoms with E-state index in [1.165, 1.54) is 24.8 Å². The third-order valence-corrected chi connectivity index (χ3v) is 4.19. The van der Waals surface area contributed by atoms with Crippen molar-refractivity contribution in [3.8, 4) is 0 Å². The van der Waals surface area contributed by atoms with Gasteiger partial charge in [-0.3, -0.25) is 0 Å². The molecule has 0 aromatic heterocycles. The second-order valence-electron chi connectivity index (χ2n) is 6.12. The number of hydrogen-bond acceptors (Lipinski definition) is 1. The van der Waals surface area contributed by atoms with Crippen LogP contribution < -0.4 is 5.73 Å². The highest BCUT2D eigenvalue weighted by Crippen LogP contribution is 2.43. The van der Waals surface area contributed by atoms with Crippen LogP contribution in [0.3, 0.4) is 0 Å². The SMILES string of the molecule is CC(C)(C)C(C)(C)C(N)C1=CCCC1. The molecule has 1 rings (SSSR count). The van der Waals surface area contributed by atoms with Crippen molar-refractivity contribution < 1.29 is 0 Å². The largest absolute Gasteiger partial charge is 0.324 e. The molecule has 1 atom stereocenters. The van der Waals surface area contributed by atoms with Crippen LogP contribution >= 0.6 is 0 Å². The second kappa shape index (κ2) is 3.69. The van der Waals surface area contributed by atoms with Gasteiger partial charge in [0.25, 0.3) is 0 Å². The monoisotopic (exact) mass is 195 g/mol. The molecular weight excluding hydrogens is 170 g/mol. The van der Waals surface area contributed by atoms with Gasteiger partial charge < -0.3 is 5.73 Å². The van der Waals surface area contributed by atoms with Crippen LogP contribution in [-0.4, -0.2) is 6.04 Å². The first kappa shape index (κ1) is 11.8. The van der Waals surface area contributed by atoms with Crippen molar-refractivity contribution in [3.05, 3.63) is 11.6 Å². The third-order valence-electron chi connectivity index (χ3n) is 4.19. The summed E-state index contributed by atoms with van der Waals surface area (Å²) in [5.74, 6) is 0. The molecule has 1 unspecified atom stereocenters. The van der Waals surface area contributed by atoms with Crippen LogP contribution in [0.4, 0.5) is 0 Å². The first-order valence-corrected chi connectivity index (χ1v) is 5.71. The molecule has 0 saturated carbocycles. The molecule has 14 heavy (non-hydrogen) atoms. The predicted octanol–water partition coefficient (Wildman–Crippen LogP) is 3.50. The van der Waals surface area contributed by atoms with E-state index in [-0.39, 0.29) is 16.9 Å². The van der Waals surface area contributed by atoms with Gasteiger partial charge in [-0.25, -0.2) is 0 Å². The van der Waals surface area contributed by atoms with Gasteiger partial charge >= 0.3 is 0 Å². The molecule has 2 N–H and O–H groups in total. The van der Waals surface area contributed by atoms with E-state index >= 15 is 0 Å². The van der Waals surface area contributed by atoms with Crippen molar-refractivity contribution in [1.82, 2.24) is 0 Å². The molecule has 0 radical (unpaired) electrons. The minimum Gasteiger partial charge on any atom is -0.324 e. The summed E-state index contributed by atoms with van der Waals surface area (Å²) in [6, 6.07) is 0.227. The summed E-state index contributed by atoms with van der Waals surface area (Å²) in [4.78, 5) is 0. The van der Waals surface area contributed by atoms with Crippen LogP contribution in [0, 0.1) is 10.8 Å². The van der Waals surface area contributed by atoms with Gasteiger partial charge in [-0.2, -0.15) is 0 Å². The Balaban J connectivity index is 2.81. The van der Waals surface area contributed by atoms with Crippen LogP contribution in [0.2, 0.25) is 0 Å². The molecule has 0 spiro atoms. The van der Waals surface area contributed by atoms with E-state index < -0.39 is 0 Å². The molecule has 1 nitrogen and oxygen atoms in total. The fourth-order valence-electron chi connectivity index (χ4n) is 1.91. The zero-order chi connectivity index (χ0) is 11.0.